The molecule has 1 aromatic heterocycles. The van der Waals surface area contributed by atoms with Crippen molar-refractivity contribution < 1.29 is 19.4 Å². The molecule has 6 nitrogen and oxygen atoms in total. The SMILES string of the molecule is COCC[C@H](Oc1nn(C)c2ccccc12)C(=O)O. The second-order valence-electron chi connectivity index (χ2n) is 4.17. The number of para-hydroxylation sites is 1. The van der Waals surface area contributed by atoms with Crippen LogP contribution in [0.2, 0.25) is 0 Å². The van der Waals surface area contributed by atoms with Gasteiger partial charge in [-0.3, -0.25) is 4.68 Å². The molecule has 0 radical (unpaired) electrons. The number of carboxylic acid groups (broad SMARTS) is 1. The van der Waals surface area contributed by atoms with Gasteiger partial charge in [0, 0.05) is 20.6 Å². The molecular formula is C13H16N2O4. The Labute approximate surface area is 110 Å². The Balaban J connectivity index is 2.26. The molecule has 0 unspecified atom stereocenters. The van der Waals surface area contributed by atoms with Crippen LogP contribution in [0.25, 0.3) is 10.9 Å². The van der Waals surface area contributed by atoms with E-state index < -0.39 is 12.1 Å². The van der Waals surface area contributed by atoms with E-state index in [1.165, 1.54) is 7.11 Å². The number of hydrogen-bond acceptors (Lipinski definition) is 4. The molecule has 2 aromatic rings. The zero-order chi connectivity index (χ0) is 13.8. The maximum atomic E-state index is 11.1. The van der Waals surface area contributed by atoms with Crippen molar-refractivity contribution in [3.8, 4) is 5.88 Å². The normalized spacial score (nSPS) is 12.5. The Morgan fingerprint density at radius 2 is 2.21 bits per heavy atom. The van der Waals surface area contributed by atoms with Crippen LogP contribution in [-0.4, -0.2) is 40.7 Å². The Kier molecular flexibility index (Phi) is 4.01. The highest BCUT2D eigenvalue weighted by atomic mass is 16.5. The third kappa shape index (κ3) is 2.85. The summed E-state index contributed by atoms with van der Waals surface area (Å²) in [6, 6.07) is 7.52. The molecular weight excluding hydrogens is 248 g/mol. The van der Waals surface area contributed by atoms with E-state index in [0.29, 0.717) is 12.5 Å². The molecule has 0 spiro atoms. The summed E-state index contributed by atoms with van der Waals surface area (Å²) >= 11 is 0. The van der Waals surface area contributed by atoms with Gasteiger partial charge in [0.1, 0.15) is 0 Å². The first kappa shape index (κ1) is 13.4. The third-order valence-corrected chi connectivity index (χ3v) is 2.84. The number of rotatable bonds is 6. The Hall–Kier alpha value is -2.08. The summed E-state index contributed by atoms with van der Waals surface area (Å²) in [7, 11) is 3.31. The summed E-state index contributed by atoms with van der Waals surface area (Å²) in [6.07, 6.45) is -0.685. The molecule has 1 aromatic carbocycles. The van der Waals surface area contributed by atoms with Crippen LogP contribution >= 0.6 is 0 Å². The van der Waals surface area contributed by atoms with Crippen LogP contribution in [-0.2, 0) is 16.6 Å². The molecule has 6 heteroatoms. The molecule has 2 rings (SSSR count). The molecule has 19 heavy (non-hydrogen) atoms. The lowest BCUT2D eigenvalue weighted by Crippen LogP contribution is -2.28. The average molecular weight is 264 g/mol. The number of carbonyl (C=O) groups is 1. The number of methoxy groups -OCH3 is 1. The van der Waals surface area contributed by atoms with Gasteiger partial charge >= 0.3 is 5.97 Å². The van der Waals surface area contributed by atoms with E-state index >= 15 is 0 Å². The zero-order valence-electron chi connectivity index (χ0n) is 10.9. The smallest absolute Gasteiger partial charge is 0.345 e. The van der Waals surface area contributed by atoms with Crippen molar-refractivity contribution in [2.75, 3.05) is 13.7 Å². The number of nitrogens with zero attached hydrogens (tertiary/aromatic N) is 2. The Bertz CT molecular complexity index is 579. The lowest BCUT2D eigenvalue weighted by molar-refractivity contribution is -0.146. The van der Waals surface area contributed by atoms with Crippen molar-refractivity contribution in [3.05, 3.63) is 24.3 Å². The molecule has 0 aliphatic heterocycles. The summed E-state index contributed by atoms with van der Waals surface area (Å²) in [5.41, 5.74) is 0.897. The van der Waals surface area contributed by atoms with Crippen molar-refractivity contribution in [2.24, 2.45) is 7.05 Å². The van der Waals surface area contributed by atoms with Crippen molar-refractivity contribution in [1.29, 1.82) is 0 Å². The second-order valence-corrected chi connectivity index (χ2v) is 4.17. The average Bonchev–Trinajstić information content (AvgIpc) is 2.72. The monoisotopic (exact) mass is 264 g/mol. The van der Waals surface area contributed by atoms with E-state index in [9.17, 15) is 4.79 Å². The third-order valence-electron chi connectivity index (χ3n) is 2.84. The molecule has 0 aliphatic carbocycles. The summed E-state index contributed by atoms with van der Waals surface area (Å²) in [5.74, 6) is -0.687. The predicted molar refractivity (Wildman–Crippen MR) is 69.3 cm³/mol. The number of aryl methyl sites for hydroxylation is 1. The van der Waals surface area contributed by atoms with Gasteiger partial charge < -0.3 is 14.6 Å². The van der Waals surface area contributed by atoms with E-state index in [4.69, 9.17) is 14.6 Å². The molecule has 1 heterocycles. The molecule has 0 fully saturated rings. The van der Waals surface area contributed by atoms with Crippen LogP contribution in [0, 0.1) is 0 Å². The minimum Gasteiger partial charge on any atom is -0.479 e. The molecule has 0 aliphatic rings. The first-order valence-electron chi connectivity index (χ1n) is 5.93. The largest absolute Gasteiger partial charge is 0.479 e. The highest BCUT2D eigenvalue weighted by molar-refractivity contribution is 5.85. The van der Waals surface area contributed by atoms with Crippen LogP contribution in [0.1, 0.15) is 6.42 Å². The molecule has 0 saturated carbocycles. The fourth-order valence-electron chi connectivity index (χ4n) is 1.86. The Morgan fingerprint density at radius 3 is 2.89 bits per heavy atom. The quantitative estimate of drug-likeness (QED) is 0.854. The maximum Gasteiger partial charge on any atom is 0.345 e. The number of ether oxygens (including phenoxy) is 2. The standard InChI is InChI=1S/C13H16N2O4/c1-15-10-6-4-3-5-9(10)12(14-15)19-11(13(16)17)7-8-18-2/h3-6,11H,7-8H2,1-2H3,(H,16,17)/t11-/m0/s1. The number of aromatic nitrogens is 2. The van der Waals surface area contributed by atoms with Crippen molar-refractivity contribution in [3.63, 3.8) is 0 Å². The number of hydrogen-bond donors (Lipinski definition) is 1. The van der Waals surface area contributed by atoms with Gasteiger partial charge in [-0.05, 0) is 12.1 Å². The molecule has 1 N–H and O–H groups in total. The van der Waals surface area contributed by atoms with Gasteiger partial charge in [-0.2, -0.15) is 0 Å². The summed E-state index contributed by atoms with van der Waals surface area (Å²) < 4.78 is 12.1. The second kappa shape index (κ2) is 5.71. The minimum absolute atomic E-state index is 0.275. The first-order chi connectivity index (χ1) is 9.13. The van der Waals surface area contributed by atoms with E-state index in [1.54, 1.807) is 11.7 Å². The van der Waals surface area contributed by atoms with Gasteiger partial charge in [0.05, 0.1) is 17.5 Å². The fraction of sp³-hybridized carbons (Fsp3) is 0.385. The van der Waals surface area contributed by atoms with Gasteiger partial charge in [0.25, 0.3) is 0 Å². The topological polar surface area (TPSA) is 73.6 Å². The van der Waals surface area contributed by atoms with Gasteiger partial charge in [-0.15, -0.1) is 5.10 Å². The maximum absolute atomic E-state index is 11.1. The van der Waals surface area contributed by atoms with Crippen molar-refractivity contribution in [2.45, 2.75) is 12.5 Å². The van der Waals surface area contributed by atoms with E-state index in [-0.39, 0.29) is 6.42 Å². The highest BCUT2D eigenvalue weighted by Crippen LogP contribution is 2.25. The Morgan fingerprint density at radius 1 is 1.47 bits per heavy atom. The van der Waals surface area contributed by atoms with Crippen LogP contribution in [0.15, 0.2) is 24.3 Å². The van der Waals surface area contributed by atoms with E-state index in [2.05, 4.69) is 5.10 Å². The lowest BCUT2D eigenvalue weighted by Gasteiger charge is -2.12. The van der Waals surface area contributed by atoms with Gasteiger partial charge in [-0.1, -0.05) is 12.1 Å². The fourth-order valence-corrected chi connectivity index (χ4v) is 1.86. The number of aliphatic carboxylic acids is 1. The van der Waals surface area contributed by atoms with E-state index in [1.807, 2.05) is 24.3 Å². The van der Waals surface area contributed by atoms with Gasteiger partial charge in [-0.25, -0.2) is 4.79 Å². The van der Waals surface area contributed by atoms with Crippen LogP contribution < -0.4 is 4.74 Å². The van der Waals surface area contributed by atoms with Crippen LogP contribution in [0.5, 0.6) is 5.88 Å². The van der Waals surface area contributed by atoms with Crippen molar-refractivity contribution in [1.82, 2.24) is 9.78 Å². The molecule has 0 saturated heterocycles. The van der Waals surface area contributed by atoms with Crippen LogP contribution in [0.4, 0.5) is 0 Å². The minimum atomic E-state index is -1.02. The molecule has 0 amide bonds. The summed E-state index contributed by atoms with van der Waals surface area (Å²) in [6.45, 7) is 0.321. The lowest BCUT2D eigenvalue weighted by atomic mass is 10.2. The molecule has 1 atom stereocenters. The summed E-state index contributed by atoms with van der Waals surface area (Å²) in [5, 5.41) is 14.1. The number of fused-ring (bicyclic) bond motifs is 1. The first-order valence-corrected chi connectivity index (χ1v) is 5.93. The number of carboxylic acids is 1. The van der Waals surface area contributed by atoms with Crippen molar-refractivity contribution >= 4 is 16.9 Å². The predicted octanol–water partition coefficient (Wildman–Crippen LogP) is 1.44. The van der Waals surface area contributed by atoms with E-state index in [0.717, 1.165) is 10.9 Å². The van der Waals surface area contributed by atoms with Gasteiger partial charge in [0.2, 0.25) is 5.88 Å². The molecule has 102 valence electrons. The zero-order valence-corrected chi connectivity index (χ0v) is 10.9. The molecule has 0 bridgehead atoms. The highest BCUT2D eigenvalue weighted by Gasteiger charge is 2.22. The van der Waals surface area contributed by atoms with Gasteiger partial charge in [0.15, 0.2) is 6.10 Å². The van der Waals surface area contributed by atoms with Crippen LogP contribution in [0.3, 0.4) is 0 Å². The number of benzene rings is 1. The summed E-state index contributed by atoms with van der Waals surface area (Å²) in [4.78, 5) is 11.1.